The van der Waals surface area contributed by atoms with E-state index in [0.29, 0.717) is 18.9 Å². The summed E-state index contributed by atoms with van der Waals surface area (Å²) in [7, 11) is -3.66. The molecule has 3 N–H and O–H groups in total. The number of rotatable bonds is 8. The van der Waals surface area contributed by atoms with Gasteiger partial charge in [-0.1, -0.05) is 0 Å². The maximum absolute atomic E-state index is 11.2. The van der Waals surface area contributed by atoms with Crippen LogP contribution >= 0.6 is 0 Å². The van der Waals surface area contributed by atoms with Crippen molar-refractivity contribution in [2.45, 2.75) is 30.8 Å². The van der Waals surface area contributed by atoms with E-state index in [-0.39, 0.29) is 17.0 Å². The molecule has 2 aromatic rings. The summed E-state index contributed by atoms with van der Waals surface area (Å²) < 4.78 is 29.8. The summed E-state index contributed by atoms with van der Waals surface area (Å²) in [6.45, 7) is 5.33. The Morgan fingerprint density at radius 1 is 1.30 bits per heavy atom. The van der Waals surface area contributed by atoms with Crippen LogP contribution in [0.2, 0.25) is 0 Å². The van der Waals surface area contributed by atoms with Gasteiger partial charge in [0.1, 0.15) is 12.4 Å². The molecule has 7 nitrogen and oxygen atoms in total. The van der Waals surface area contributed by atoms with Gasteiger partial charge in [-0.15, -0.1) is 0 Å². The molecule has 0 fully saturated rings. The smallest absolute Gasteiger partial charge is 0.238 e. The molecule has 0 aliphatic rings. The molecule has 2 rings (SSSR count). The molecule has 0 amide bonds. The number of ether oxygens (including phenoxy) is 1. The van der Waals surface area contributed by atoms with E-state index in [1.807, 2.05) is 16.9 Å². The Morgan fingerprint density at radius 2 is 2.00 bits per heavy atom. The van der Waals surface area contributed by atoms with Crippen LogP contribution in [0.15, 0.2) is 47.6 Å². The molecule has 8 heteroatoms. The van der Waals surface area contributed by atoms with Crippen LogP contribution in [0.4, 0.5) is 0 Å². The van der Waals surface area contributed by atoms with Crippen LogP contribution in [-0.2, 0) is 10.0 Å². The van der Waals surface area contributed by atoms with Gasteiger partial charge in [-0.05, 0) is 44.2 Å². The molecule has 2 atom stereocenters. The van der Waals surface area contributed by atoms with Crippen molar-refractivity contribution in [3.8, 4) is 5.75 Å². The van der Waals surface area contributed by atoms with E-state index < -0.39 is 10.0 Å². The van der Waals surface area contributed by atoms with E-state index in [2.05, 4.69) is 24.3 Å². The van der Waals surface area contributed by atoms with Gasteiger partial charge in [-0.3, -0.25) is 4.68 Å². The molecule has 126 valence electrons. The van der Waals surface area contributed by atoms with Gasteiger partial charge in [-0.2, -0.15) is 5.10 Å². The molecule has 0 spiro atoms. The summed E-state index contributed by atoms with van der Waals surface area (Å²) in [6.07, 6.45) is 3.70. The summed E-state index contributed by atoms with van der Waals surface area (Å²) in [4.78, 5) is 0.0737. The van der Waals surface area contributed by atoms with Crippen LogP contribution in [0, 0.1) is 0 Å². The highest BCUT2D eigenvalue weighted by Crippen LogP contribution is 2.14. The topological polar surface area (TPSA) is 99.2 Å². The monoisotopic (exact) mass is 338 g/mol. The van der Waals surface area contributed by atoms with Crippen molar-refractivity contribution < 1.29 is 13.2 Å². The van der Waals surface area contributed by atoms with Crippen molar-refractivity contribution in [3.05, 3.63) is 42.7 Å². The predicted molar refractivity (Wildman–Crippen MR) is 87.7 cm³/mol. The zero-order valence-corrected chi connectivity index (χ0v) is 14.0. The van der Waals surface area contributed by atoms with Crippen molar-refractivity contribution in [2.24, 2.45) is 5.14 Å². The summed E-state index contributed by atoms with van der Waals surface area (Å²) in [5, 5.41) is 12.6. The molecule has 0 saturated heterocycles. The predicted octanol–water partition coefficient (Wildman–Crippen LogP) is 1.15. The average molecular weight is 338 g/mol. The number of benzene rings is 1. The number of nitrogens with two attached hydrogens (primary N) is 1. The third-order valence-electron chi connectivity index (χ3n) is 3.66. The van der Waals surface area contributed by atoms with E-state index in [1.165, 1.54) is 12.1 Å². The maximum Gasteiger partial charge on any atom is 0.238 e. The molecule has 0 saturated carbocycles. The van der Waals surface area contributed by atoms with E-state index in [4.69, 9.17) is 9.88 Å². The van der Waals surface area contributed by atoms with Gasteiger partial charge >= 0.3 is 0 Å². The van der Waals surface area contributed by atoms with Gasteiger partial charge in [-0.25, -0.2) is 13.6 Å². The second kappa shape index (κ2) is 7.58. The van der Waals surface area contributed by atoms with Crippen molar-refractivity contribution in [1.29, 1.82) is 0 Å². The number of primary sulfonamides is 1. The Morgan fingerprint density at radius 3 is 2.57 bits per heavy atom. The molecule has 23 heavy (non-hydrogen) atoms. The SMILES string of the molecule is C[C@H]([C@@H](C)NCCOc1ccc(S(N)(=O)=O)cc1)n1cccn1. The van der Waals surface area contributed by atoms with Crippen LogP contribution in [0.1, 0.15) is 19.9 Å². The van der Waals surface area contributed by atoms with Gasteiger partial charge < -0.3 is 10.1 Å². The number of nitrogens with zero attached hydrogens (tertiary/aromatic N) is 2. The van der Waals surface area contributed by atoms with E-state index >= 15 is 0 Å². The largest absolute Gasteiger partial charge is 0.492 e. The Bertz CT molecular complexity index is 699. The zero-order valence-electron chi connectivity index (χ0n) is 13.2. The zero-order chi connectivity index (χ0) is 16.9. The lowest BCUT2D eigenvalue weighted by Gasteiger charge is -2.21. The van der Waals surface area contributed by atoms with Crippen molar-refractivity contribution in [3.63, 3.8) is 0 Å². The lowest BCUT2D eigenvalue weighted by molar-refractivity contribution is 0.288. The van der Waals surface area contributed by atoms with Crippen LogP contribution in [0.5, 0.6) is 5.75 Å². The Kier molecular flexibility index (Phi) is 5.75. The van der Waals surface area contributed by atoms with Crippen LogP contribution < -0.4 is 15.2 Å². The first-order valence-corrected chi connectivity index (χ1v) is 8.91. The van der Waals surface area contributed by atoms with Gasteiger partial charge in [0.25, 0.3) is 0 Å². The lowest BCUT2D eigenvalue weighted by Crippen LogP contribution is -2.36. The standard InChI is InChI=1S/C15H22N4O3S/c1-12(13(2)19-10-3-8-18-19)17-9-11-22-14-4-6-15(7-5-14)23(16,20)21/h3-8,10,12-13,17H,9,11H2,1-2H3,(H2,16,20,21)/t12-,13-/m1/s1. The van der Waals surface area contributed by atoms with Gasteiger partial charge in [0, 0.05) is 25.0 Å². The van der Waals surface area contributed by atoms with Crippen LogP contribution in [0.25, 0.3) is 0 Å². The lowest BCUT2D eigenvalue weighted by atomic mass is 10.2. The first-order chi connectivity index (χ1) is 10.9. The number of hydrogen-bond donors (Lipinski definition) is 2. The molecule has 1 aromatic heterocycles. The molecule has 1 heterocycles. The number of sulfonamides is 1. The summed E-state index contributed by atoms with van der Waals surface area (Å²) in [6, 6.07) is 8.42. The van der Waals surface area contributed by atoms with Gasteiger partial charge in [0.15, 0.2) is 0 Å². The van der Waals surface area contributed by atoms with Crippen molar-refractivity contribution >= 4 is 10.0 Å². The minimum atomic E-state index is -3.66. The highest BCUT2D eigenvalue weighted by molar-refractivity contribution is 7.89. The summed E-state index contributed by atoms with van der Waals surface area (Å²) in [5.41, 5.74) is 0. The van der Waals surface area contributed by atoms with Gasteiger partial charge in [0.2, 0.25) is 10.0 Å². The van der Waals surface area contributed by atoms with Gasteiger partial charge in [0.05, 0.1) is 10.9 Å². The van der Waals surface area contributed by atoms with E-state index in [9.17, 15) is 8.42 Å². The highest BCUT2D eigenvalue weighted by atomic mass is 32.2. The molecule has 0 aliphatic heterocycles. The molecular formula is C15H22N4O3S. The summed E-state index contributed by atoms with van der Waals surface area (Å²) >= 11 is 0. The first-order valence-electron chi connectivity index (χ1n) is 7.36. The minimum absolute atomic E-state index is 0.0737. The molecule has 1 aromatic carbocycles. The first kappa shape index (κ1) is 17.5. The molecule has 0 aliphatic carbocycles. The Labute approximate surface area is 136 Å². The molecule has 0 bridgehead atoms. The van der Waals surface area contributed by atoms with E-state index in [0.717, 1.165) is 0 Å². The third kappa shape index (κ3) is 5.05. The molecular weight excluding hydrogens is 316 g/mol. The number of hydrogen-bond acceptors (Lipinski definition) is 5. The fourth-order valence-electron chi connectivity index (χ4n) is 2.10. The second-order valence-corrected chi connectivity index (χ2v) is 6.90. The second-order valence-electron chi connectivity index (χ2n) is 5.33. The number of nitrogens with one attached hydrogen (secondary N) is 1. The van der Waals surface area contributed by atoms with E-state index in [1.54, 1.807) is 18.3 Å². The van der Waals surface area contributed by atoms with Crippen LogP contribution in [0.3, 0.4) is 0 Å². The third-order valence-corrected chi connectivity index (χ3v) is 4.58. The number of aromatic nitrogens is 2. The highest BCUT2D eigenvalue weighted by Gasteiger charge is 2.13. The molecule has 0 unspecified atom stereocenters. The minimum Gasteiger partial charge on any atom is -0.492 e. The molecule has 0 radical (unpaired) electrons. The fraction of sp³-hybridized carbons (Fsp3) is 0.400. The summed E-state index contributed by atoms with van der Waals surface area (Å²) in [5.74, 6) is 0.604. The normalized spacial score (nSPS) is 14.4. The quantitative estimate of drug-likeness (QED) is 0.703. The fourth-order valence-corrected chi connectivity index (χ4v) is 2.62. The Hall–Kier alpha value is -1.90. The van der Waals surface area contributed by atoms with Crippen molar-refractivity contribution in [1.82, 2.24) is 15.1 Å². The maximum atomic E-state index is 11.2. The van der Waals surface area contributed by atoms with Crippen LogP contribution in [-0.4, -0.2) is 37.4 Å². The van der Waals surface area contributed by atoms with Crippen molar-refractivity contribution in [2.75, 3.05) is 13.2 Å². The average Bonchev–Trinajstić information content (AvgIpc) is 3.04. The Balaban J connectivity index is 1.75.